The summed E-state index contributed by atoms with van der Waals surface area (Å²) >= 11 is 0. The molecule has 14 heavy (non-hydrogen) atoms. The van der Waals surface area contributed by atoms with Gasteiger partial charge in [-0.3, -0.25) is 0 Å². The molecule has 83 valence electrons. The van der Waals surface area contributed by atoms with Crippen LogP contribution in [0.25, 0.3) is 0 Å². The van der Waals surface area contributed by atoms with Crippen LogP contribution in [-0.2, 0) is 25.8 Å². The van der Waals surface area contributed by atoms with Gasteiger partial charge in [0.15, 0.2) is 0 Å². The van der Waals surface area contributed by atoms with Gasteiger partial charge < -0.3 is 10.2 Å². The molecule has 0 amide bonds. The maximum Gasteiger partial charge on any atom is 0.0638 e. The molecule has 0 saturated carbocycles. The second-order valence-electron chi connectivity index (χ2n) is 5.40. The van der Waals surface area contributed by atoms with E-state index in [0.717, 1.165) is 0 Å². The molecule has 3 atom stereocenters. The van der Waals surface area contributed by atoms with Crippen LogP contribution in [0.5, 0.6) is 0 Å². The Kier molecular flexibility index (Phi) is 7.85. The van der Waals surface area contributed by atoms with Gasteiger partial charge >= 0.3 is 0 Å². The fraction of sp³-hybridized carbons (Fsp3) is 1.00. The van der Waals surface area contributed by atoms with Crippen LogP contribution in [0, 0.1) is 17.3 Å². The predicted molar refractivity (Wildman–Crippen MR) is 55.5 cm³/mol. The topological polar surface area (TPSA) is 40.5 Å². The van der Waals surface area contributed by atoms with E-state index in [-0.39, 0.29) is 43.1 Å². The zero-order chi connectivity index (χ0) is 10.8. The maximum atomic E-state index is 9.91. The molecule has 0 spiro atoms. The third-order valence-electron chi connectivity index (χ3n) is 2.61. The molecule has 2 N–H and O–H groups in total. The smallest absolute Gasteiger partial charge is 0.0638 e. The van der Waals surface area contributed by atoms with Gasteiger partial charge in [-0.05, 0) is 11.3 Å². The van der Waals surface area contributed by atoms with Crippen molar-refractivity contribution in [1.29, 1.82) is 0 Å². The molecule has 0 aromatic rings. The molecule has 0 heterocycles. The van der Waals surface area contributed by atoms with Gasteiger partial charge in [0.2, 0.25) is 0 Å². The average Bonchev–Trinajstić information content (AvgIpc) is 1.98. The summed E-state index contributed by atoms with van der Waals surface area (Å²) in [5, 5.41) is 19.7. The van der Waals surface area contributed by atoms with Gasteiger partial charge in [-0.2, -0.15) is 0 Å². The average molecular weight is 233 g/mol. The molecule has 0 aliphatic heterocycles. The second-order valence-corrected chi connectivity index (χ2v) is 5.40. The summed E-state index contributed by atoms with van der Waals surface area (Å²) in [5.41, 5.74) is -0.157. The molecule has 0 aromatic heterocycles. The fourth-order valence-electron chi connectivity index (χ4n) is 1.58. The van der Waals surface area contributed by atoms with Crippen LogP contribution in [0.3, 0.4) is 0 Å². The molecule has 2 nitrogen and oxygen atoms in total. The molecule has 0 aliphatic rings. The summed E-state index contributed by atoms with van der Waals surface area (Å²) in [6.45, 7) is 11.8. The molecule has 3 heteroatoms. The Morgan fingerprint density at radius 3 is 1.50 bits per heavy atom. The van der Waals surface area contributed by atoms with Crippen LogP contribution in [0.2, 0.25) is 0 Å². The van der Waals surface area contributed by atoms with Crippen LogP contribution in [0.4, 0.5) is 0 Å². The Hall–Kier alpha value is 0.790. The summed E-state index contributed by atoms with van der Waals surface area (Å²) in [7, 11) is 0. The first-order chi connectivity index (χ1) is 5.68. The Labute approximate surface area is 107 Å². The fourth-order valence-corrected chi connectivity index (χ4v) is 1.58. The Balaban J connectivity index is 0. The summed E-state index contributed by atoms with van der Waals surface area (Å²) < 4.78 is 0. The van der Waals surface area contributed by atoms with Crippen molar-refractivity contribution in [3.63, 3.8) is 0 Å². The van der Waals surface area contributed by atoms with E-state index in [1.54, 1.807) is 0 Å². The largest absolute Gasteiger partial charge is 0.392 e. The molecule has 1 radical (unpaired) electrons. The van der Waals surface area contributed by atoms with Gasteiger partial charge in [0.25, 0.3) is 0 Å². The summed E-state index contributed by atoms with van der Waals surface area (Å²) in [6, 6.07) is 0. The van der Waals surface area contributed by atoms with Crippen LogP contribution in [0.15, 0.2) is 0 Å². The standard InChI is InChI=1S/C11H24O2.Sc/c1-7(2)9(12)8(3)10(13)11(4,5)6;/h7-10,12-13H,1-6H3;. The van der Waals surface area contributed by atoms with E-state index in [1.807, 2.05) is 41.5 Å². The van der Waals surface area contributed by atoms with Crippen LogP contribution in [0.1, 0.15) is 41.5 Å². The molecule has 0 saturated heterocycles. The van der Waals surface area contributed by atoms with Crippen LogP contribution < -0.4 is 0 Å². The number of hydrogen-bond acceptors (Lipinski definition) is 2. The van der Waals surface area contributed by atoms with Crippen molar-refractivity contribution in [2.45, 2.75) is 53.8 Å². The maximum absolute atomic E-state index is 9.91. The molecule has 0 fully saturated rings. The molecular weight excluding hydrogens is 209 g/mol. The van der Waals surface area contributed by atoms with E-state index in [0.29, 0.717) is 0 Å². The van der Waals surface area contributed by atoms with E-state index in [2.05, 4.69) is 0 Å². The molecule has 0 rings (SSSR count). The van der Waals surface area contributed by atoms with Crippen molar-refractivity contribution in [2.24, 2.45) is 17.3 Å². The van der Waals surface area contributed by atoms with Gasteiger partial charge in [0.05, 0.1) is 12.2 Å². The van der Waals surface area contributed by atoms with Crippen LogP contribution in [-0.4, -0.2) is 22.4 Å². The van der Waals surface area contributed by atoms with Crippen molar-refractivity contribution >= 4 is 0 Å². The quantitative estimate of drug-likeness (QED) is 0.783. The van der Waals surface area contributed by atoms with Crippen molar-refractivity contribution < 1.29 is 36.1 Å². The minimum absolute atomic E-state index is 0. The molecule has 0 bridgehead atoms. The van der Waals surface area contributed by atoms with Gasteiger partial charge in [-0.1, -0.05) is 41.5 Å². The molecule has 0 aliphatic carbocycles. The third-order valence-corrected chi connectivity index (χ3v) is 2.61. The van der Waals surface area contributed by atoms with Gasteiger partial charge in [0.1, 0.15) is 0 Å². The van der Waals surface area contributed by atoms with Gasteiger partial charge in [-0.15, -0.1) is 0 Å². The van der Waals surface area contributed by atoms with E-state index in [1.165, 1.54) is 0 Å². The number of rotatable bonds is 3. The normalized spacial score (nSPS) is 18.6. The number of aliphatic hydroxyl groups is 2. The first-order valence-corrected chi connectivity index (χ1v) is 5.04. The Bertz CT molecular complexity index is 152. The summed E-state index contributed by atoms with van der Waals surface area (Å²) in [6.07, 6.45) is -0.876. The van der Waals surface area contributed by atoms with Crippen molar-refractivity contribution in [3.05, 3.63) is 0 Å². The van der Waals surface area contributed by atoms with Gasteiger partial charge in [0, 0.05) is 31.8 Å². The third kappa shape index (κ3) is 5.04. The minimum Gasteiger partial charge on any atom is -0.392 e. The molecule has 3 unspecified atom stereocenters. The molecule has 0 aromatic carbocycles. The summed E-state index contributed by atoms with van der Waals surface area (Å²) in [5.74, 6) is 0.131. The summed E-state index contributed by atoms with van der Waals surface area (Å²) in [4.78, 5) is 0. The zero-order valence-corrected chi connectivity index (χ0v) is 12.1. The monoisotopic (exact) mass is 233 g/mol. The zero-order valence-electron chi connectivity index (χ0n) is 10.3. The van der Waals surface area contributed by atoms with E-state index < -0.39 is 12.2 Å². The van der Waals surface area contributed by atoms with Gasteiger partial charge in [-0.25, -0.2) is 0 Å². The van der Waals surface area contributed by atoms with E-state index in [4.69, 9.17) is 0 Å². The Morgan fingerprint density at radius 1 is 0.929 bits per heavy atom. The van der Waals surface area contributed by atoms with Crippen molar-refractivity contribution in [1.82, 2.24) is 0 Å². The Morgan fingerprint density at radius 2 is 1.29 bits per heavy atom. The van der Waals surface area contributed by atoms with Crippen molar-refractivity contribution in [2.75, 3.05) is 0 Å². The number of hydrogen-bond donors (Lipinski definition) is 2. The predicted octanol–water partition coefficient (Wildman–Crippen LogP) is 2.04. The van der Waals surface area contributed by atoms with E-state index >= 15 is 0 Å². The molecular formula is C11H24O2Sc. The number of aliphatic hydroxyl groups excluding tert-OH is 2. The van der Waals surface area contributed by atoms with Crippen LogP contribution >= 0.6 is 0 Å². The SMILES string of the molecule is CC(C)C(O)C(C)C(O)C(C)(C)C.[Sc]. The van der Waals surface area contributed by atoms with E-state index in [9.17, 15) is 10.2 Å². The minimum atomic E-state index is -0.454. The first-order valence-electron chi connectivity index (χ1n) is 5.04. The second kappa shape index (κ2) is 6.39. The first kappa shape index (κ1) is 17.2. The van der Waals surface area contributed by atoms with Crippen molar-refractivity contribution in [3.8, 4) is 0 Å².